The van der Waals surface area contributed by atoms with E-state index in [0.717, 1.165) is 141 Å². The van der Waals surface area contributed by atoms with Crippen LogP contribution in [0.25, 0.3) is 0 Å². The van der Waals surface area contributed by atoms with Gasteiger partial charge in [-0.2, -0.15) is 0 Å². The van der Waals surface area contributed by atoms with E-state index in [0.29, 0.717) is 19.3 Å². The predicted octanol–water partition coefficient (Wildman–Crippen LogP) is 19.6. The minimum Gasteiger partial charge on any atom is -0.462 e. The van der Waals surface area contributed by atoms with Gasteiger partial charge in [0.15, 0.2) is 6.10 Å². The largest absolute Gasteiger partial charge is 0.472 e. The van der Waals surface area contributed by atoms with Crippen LogP contribution < -0.4 is 0 Å². The Hall–Kier alpha value is -3.60. The molecule has 460 valence electrons. The first kappa shape index (κ1) is 76.4. The molecule has 0 aromatic carbocycles. The quantitative estimate of drug-likeness (QED) is 0.0197. The number of phosphoric ester groups is 1. The third-order valence-corrected chi connectivity index (χ3v) is 14.4. The Balaban J connectivity index is 4.75. The van der Waals surface area contributed by atoms with Crippen LogP contribution in [0.4, 0.5) is 0 Å². The van der Waals surface area contributed by atoms with Crippen molar-refractivity contribution in [2.75, 3.05) is 26.4 Å². The zero-order valence-electron chi connectivity index (χ0n) is 51.0. The summed E-state index contributed by atoms with van der Waals surface area (Å²) in [7, 11) is -4.77. The highest BCUT2D eigenvalue weighted by Crippen LogP contribution is 2.43. The van der Waals surface area contributed by atoms with Crippen LogP contribution in [0.1, 0.15) is 278 Å². The van der Waals surface area contributed by atoms with Crippen LogP contribution >= 0.6 is 7.82 Å². The van der Waals surface area contributed by atoms with Gasteiger partial charge in [-0.05, 0) is 122 Å². The molecule has 0 spiro atoms. The van der Waals surface area contributed by atoms with Gasteiger partial charge in [-0.15, -0.1) is 0 Å². The monoisotopic (exact) mass is 1140 g/mol. The van der Waals surface area contributed by atoms with E-state index in [1.54, 1.807) is 0 Å². The summed E-state index contributed by atoms with van der Waals surface area (Å²) < 4.78 is 39.7. The number of hydrogen-bond acceptors (Lipinski definition) is 10. The van der Waals surface area contributed by atoms with E-state index in [1.807, 2.05) is 0 Å². The number of carbonyl (C=O) groups is 3. The molecule has 3 unspecified atom stereocenters. The van der Waals surface area contributed by atoms with Crippen molar-refractivity contribution >= 4 is 25.7 Å². The number of allylic oxidation sites excluding steroid dienone is 16. The summed E-state index contributed by atoms with van der Waals surface area (Å²) in [5.41, 5.74) is 0. The summed E-state index contributed by atoms with van der Waals surface area (Å²) in [6, 6.07) is 0. The first-order chi connectivity index (χ1) is 39.2. The van der Waals surface area contributed by atoms with Crippen molar-refractivity contribution < 1.29 is 52.2 Å². The maximum atomic E-state index is 13.0. The van der Waals surface area contributed by atoms with Crippen molar-refractivity contribution in [1.29, 1.82) is 0 Å². The maximum absolute atomic E-state index is 13.0. The Labute approximate surface area is 489 Å². The molecule has 80 heavy (non-hydrogen) atoms. The Morgan fingerprint density at radius 3 is 1.00 bits per heavy atom. The molecule has 0 aromatic heterocycles. The number of unbranched alkanes of at least 4 members (excludes halogenated alkanes) is 26. The molecule has 2 N–H and O–H groups in total. The number of phosphoric acid groups is 1. The van der Waals surface area contributed by atoms with Gasteiger partial charge in [0.2, 0.25) is 0 Å². The van der Waals surface area contributed by atoms with Gasteiger partial charge in [0, 0.05) is 19.3 Å². The van der Waals surface area contributed by atoms with E-state index >= 15 is 0 Å². The van der Waals surface area contributed by atoms with E-state index in [4.69, 9.17) is 23.3 Å². The normalized spacial score (nSPS) is 13.9. The Bertz CT molecular complexity index is 1710. The van der Waals surface area contributed by atoms with Crippen LogP contribution in [0.3, 0.4) is 0 Å². The predicted molar refractivity (Wildman–Crippen MR) is 334 cm³/mol. The molecule has 0 radical (unpaired) electrons. The summed E-state index contributed by atoms with van der Waals surface area (Å²) in [4.78, 5) is 48.8. The van der Waals surface area contributed by atoms with Crippen molar-refractivity contribution in [2.45, 2.75) is 290 Å². The third-order valence-electron chi connectivity index (χ3n) is 13.5. The highest BCUT2D eigenvalue weighted by molar-refractivity contribution is 7.47. The van der Waals surface area contributed by atoms with Crippen LogP contribution in [0.15, 0.2) is 97.2 Å². The van der Waals surface area contributed by atoms with Crippen molar-refractivity contribution in [3.05, 3.63) is 97.2 Å². The molecule has 0 rings (SSSR count). The molecule has 0 fully saturated rings. The van der Waals surface area contributed by atoms with Gasteiger partial charge in [0.25, 0.3) is 0 Å². The number of rotatable bonds is 59. The maximum Gasteiger partial charge on any atom is 0.472 e. The number of hydrogen-bond donors (Lipinski definition) is 2. The van der Waals surface area contributed by atoms with Crippen LogP contribution in [-0.4, -0.2) is 66.5 Å². The number of aliphatic hydroxyl groups excluding tert-OH is 1. The number of ether oxygens (including phenoxy) is 3. The molecule has 0 saturated carbocycles. The molecule has 0 bridgehead atoms. The zero-order valence-corrected chi connectivity index (χ0v) is 51.9. The van der Waals surface area contributed by atoms with Gasteiger partial charge in [-0.1, -0.05) is 234 Å². The molecule has 0 aliphatic rings. The zero-order chi connectivity index (χ0) is 58.3. The van der Waals surface area contributed by atoms with Crippen LogP contribution in [0, 0.1) is 0 Å². The van der Waals surface area contributed by atoms with Crippen molar-refractivity contribution in [3.8, 4) is 0 Å². The molecule has 3 atom stereocenters. The molecule has 11 nitrogen and oxygen atoms in total. The number of aliphatic hydroxyl groups is 1. The van der Waals surface area contributed by atoms with E-state index in [9.17, 15) is 28.9 Å². The topological polar surface area (TPSA) is 155 Å². The molecular weight excluding hydrogens is 1020 g/mol. The standard InChI is InChI=1S/C68H117O11P/c1-4-7-10-13-16-19-22-25-28-31-32-35-38-41-44-47-50-53-56-59-68(72)79-65(61-75-66(70)57-54-51-48-45-42-39-36-33-29-26-23-20-17-14-11-8-5-2)63-77-80(73,74)76-62-64(60-69)78-67(71)58-55-52-49-46-43-40-37-34-30-27-24-21-18-15-12-9-6-3/h8,11,16-21,25-30,32,35,64-65,69H,4-7,9-10,12-15,22-24,31,33-34,36-63H2,1-3H3,(H,73,74)/b11-8-,19-16-,20-17-,21-18-,28-25-,29-26-,30-27-,35-32-. The second-order valence-electron chi connectivity index (χ2n) is 21.2. The van der Waals surface area contributed by atoms with E-state index < -0.39 is 57.8 Å². The summed E-state index contributed by atoms with van der Waals surface area (Å²) in [5.74, 6) is -1.50. The van der Waals surface area contributed by atoms with Gasteiger partial charge in [-0.3, -0.25) is 23.4 Å². The Morgan fingerprint density at radius 2 is 0.650 bits per heavy atom. The minimum absolute atomic E-state index is 0.147. The van der Waals surface area contributed by atoms with E-state index in [2.05, 4.69) is 118 Å². The lowest BCUT2D eigenvalue weighted by Crippen LogP contribution is -2.30. The van der Waals surface area contributed by atoms with Crippen molar-refractivity contribution in [1.82, 2.24) is 0 Å². The lowest BCUT2D eigenvalue weighted by molar-refractivity contribution is -0.161. The average molecular weight is 1140 g/mol. The van der Waals surface area contributed by atoms with Crippen molar-refractivity contribution in [2.24, 2.45) is 0 Å². The van der Waals surface area contributed by atoms with E-state index in [1.165, 1.54) is 77.0 Å². The van der Waals surface area contributed by atoms with Gasteiger partial charge in [0.1, 0.15) is 12.7 Å². The van der Waals surface area contributed by atoms with Crippen LogP contribution in [-0.2, 0) is 42.2 Å². The van der Waals surface area contributed by atoms with E-state index in [-0.39, 0.29) is 25.9 Å². The van der Waals surface area contributed by atoms with Gasteiger partial charge >= 0.3 is 25.7 Å². The van der Waals surface area contributed by atoms with Gasteiger partial charge in [-0.25, -0.2) is 4.57 Å². The number of carbonyl (C=O) groups excluding carboxylic acids is 3. The van der Waals surface area contributed by atoms with Crippen LogP contribution in [0.5, 0.6) is 0 Å². The highest BCUT2D eigenvalue weighted by atomic mass is 31.2. The fourth-order valence-corrected chi connectivity index (χ4v) is 9.37. The molecule has 0 heterocycles. The lowest BCUT2D eigenvalue weighted by atomic mass is 10.1. The average Bonchev–Trinajstić information content (AvgIpc) is 3.45. The molecule has 0 amide bonds. The summed E-state index contributed by atoms with van der Waals surface area (Å²) >= 11 is 0. The molecule has 12 heteroatoms. The second-order valence-corrected chi connectivity index (χ2v) is 22.6. The summed E-state index contributed by atoms with van der Waals surface area (Å²) in [5, 5.41) is 9.86. The third kappa shape index (κ3) is 59.0. The fraction of sp³-hybridized carbons (Fsp3) is 0.721. The molecule has 0 aliphatic heterocycles. The highest BCUT2D eigenvalue weighted by Gasteiger charge is 2.28. The van der Waals surface area contributed by atoms with Gasteiger partial charge < -0.3 is 24.2 Å². The minimum atomic E-state index is -4.77. The lowest BCUT2D eigenvalue weighted by Gasteiger charge is -2.21. The first-order valence-electron chi connectivity index (χ1n) is 32.1. The van der Waals surface area contributed by atoms with Crippen LogP contribution in [0.2, 0.25) is 0 Å². The summed E-state index contributed by atoms with van der Waals surface area (Å²) in [6.07, 6.45) is 73.5. The molecule has 0 aromatic rings. The molecular formula is C68H117O11P. The summed E-state index contributed by atoms with van der Waals surface area (Å²) in [6.45, 7) is 4.47. The van der Waals surface area contributed by atoms with Gasteiger partial charge in [0.05, 0.1) is 19.8 Å². The first-order valence-corrected chi connectivity index (χ1v) is 33.6. The Morgan fingerprint density at radius 1 is 0.362 bits per heavy atom. The molecule has 0 saturated heterocycles. The smallest absolute Gasteiger partial charge is 0.462 e. The van der Waals surface area contributed by atoms with Crippen molar-refractivity contribution in [3.63, 3.8) is 0 Å². The fourth-order valence-electron chi connectivity index (χ4n) is 8.58. The molecule has 0 aliphatic carbocycles. The SMILES string of the molecule is CC/C=C\C/C=C\C/C=C\CCCCCCCCCC(=O)OCC(COP(=O)(O)OCC(CO)OC(=O)CCCCCCCCC/C=C\C/C=C\CCCCC)OC(=O)CCCCCCCC/C=C\C/C=C\C/C=C\CCCCC. The second kappa shape index (κ2) is 61.5. The number of esters is 3. The Kier molecular flexibility index (Phi) is 58.7.